The second kappa shape index (κ2) is 7.06. The van der Waals surface area contributed by atoms with Gasteiger partial charge >= 0.3 is 0 Å². The molecule has 0 radical (unpaired) electrons. The van der Waals surface area contributed by atoms with E-state index in [1.165, 1.54) is 17.7 Å². The molecule has 0 aromatic heterocycles. The maximum absolute atomic E-state index is 13.0. The van der Waals surface area contributed by atoms with Crippen LogP contribution in [0.2, 0.25) is 5.02 Å². The summed E-state index contributed by atoms with van der Waals surface area (Å²) in [5.74, 6) is 0.245. The van der Waals surface area contributed by atoms with E-state index in [0.717, 1.165) is 17.5 Å². The van der Waals surface area contributed by atoms with Crippen molar-refractivity contribution in [1.82, 2.24) is 0 Å². The summed E-state index contributed by atoms with van der Waals surface area (Å²) in [5.41, 5.74) is 2.86. The SMILES string of the molecule is CC(C)Cc1ccc(C(O)Cc2ccc(F)cc2Cl)cc1. The van der Waals surface area contributed by atoms with Crippen molar-refractivity contribution in [3.05, 3.63) is 70.0 Å². The van der Waals surface area contributed by atoms with Crippen LogP contribution < -0.4 is 0 Å². The third-order valence-electron chi connectivity index (χ3n) is 3.44. The Labute approximate surface area is 130 Å². The van der Waals surface area contributed by atoms with Crippen LogP contribution in [-0.4, -0.2) is 5.11 Å². The Kier molecular flexibility index (Phi) is 5.38. The fourth-order valence-corrected chi connectivity index (χ4v) is 2.61. The number of halogens is 2. The van der Waals surface area contributed by atoms with Gasteiger partial charge in [0.2, 0.25) is 0 Å². The highest BCUT2D eigenvalue weighted by Crippen LogP contribution is 2.24. The quantitative estimate of drug-likeness (QED) is 0.828. The predicted octanol–water partition coefficient (Wildman–Crippen LogP) is 4.95. The topological polar surface area (TPSA) is 20.2 Å². The van der Waals surface area contributed by atoms with Crippen molar-refractivity contribution in [3.63, 3.8) is 0 Å². The second-order valence-corrected chi connectivity index (χ2v) is 6.20. The van der Waals surface area contributed by atoms with Crippen LogP contribution in [0.3, 0.4) is 0 Å². The molecule has 0 aliphatic rings. The molecule has 1 atom stereocenters. The highest BCUT2D eigenvalue weighted by atomic mass is 35.5. The van der Waals surface area contributed by atoms with Crippen LogP contribution in [0, 0.1) is 11.7 Å². The average molecular weight is 307 g/mol. The summed E-state index contributed by atoms with van der Waals surface area (Å²) in [6.45, 7) is 4.36. The predicted molar refractivity (Wildman–Crippen MR) is 85.1 cm³/mol. The molecule has 0 bridgehead atoms. The van der Waals surface area contributed by atoms with Crippen molar-refractivity contribution < 1.29 is 9.50 Å². The first-order valence-electron chi connectivity index (χ1n) is 7.16. The van der Waals surface area contributed by atoms with E-state index < -0.39 is 6.10 Å². The zero-order valence-corrected chi connectivity index (χ0v) is 13.1. The van der Waals surface area contributed by atoms with E-state index >= 15 is 0 Å². The molecule has 112 valence electrons. The number of rotatable bonds is 5. The van der Waals surface area contributed by atoms with Gasteiger partial charge < -0.3 is 5.11 Å². The molecule has 3 heteroatoms. The van der Waals surface area contributed by atoms with E-state index in [0.29, 0.717) is 17.4 Å². The average Bonchev–Trinajstić information content (AvgIpc) is 2.42. The summed E-state index contributed by atoms with van der Waals surface area (Å²) in [4.78, 5) is 0. The lowest BCUT2D eigenvalue weighted by molar-refractivity contribution is 0.178. The Hall–Kier alpha value is -1.38. The number of hydrogen-bond donors (Lipinski definition) is 1. The van der Waals surface area contributed by atoms with Crippen LogP contribution in [0.5, 0.6) is 0 Å². The minimum atomic E-state index is -0.638. The van der Waals surface area contributed by atoms with Gasteiger partial charge in [-0.2, -0.15) is 0 Å². The molecule has 0 saturated heterocycles. The Morgan fingerprint density at radius 2 is 1.71 bits per heavy atom. The summed E-state index contributed by atoms with van der Waals surface area (Å²) >= 11 is 5.99. The van der Waals surface area contributed by atoms with Crippen LogP contribution in [0.1, 0.15) is 36.6 Å². The first-order valence-corrected chi connectivity index (χ1v) is 7.54. The lowest BCUT2D eigenvalue weighted by Crippen LogP contribution is -2.03. The van der Waals surface area contributed by atoms with Gasteiger partial charge in [-0.05, 0) is 41.2 Å². The fourth-order valence-electron chi connectivity index (χ4n) is 2.36. The third kappa shape index (κ3) is 4.55. The van der Waals surface area contributed by atoms with E-state index in [2.05, 4.69) is 13.8 Å². The highest BCUT2D eigenvalue weighted by molar-refractivity contribution is 6.31. The van der Waals surface area contributed by atoms with Crippen LogP contribution in [0.15, 0.2) is 42.5 Å². The number of aliphatic hydroxyl groups is 1. The summed E-state index contributed by atoms with van der Waals surface area (Å²) in [7, 11) is 0. The lowest BCUT2D eigenvalue weighted by Gasteiger charge is -2.13. The van der Waals surface area contributed by atoms with Crippen molar-refractivity contribution in [2.24, 2.45) is 5.92 Å². The van der Waals surface area contributed by atoms with Crippen LogP contribution in [0.4, 0.5) is 4.39 Å². The summed E-state index contributed by atoms with van der Waals surface area (Å²) in [5, 5.41) is 10.6. The second-order valence-electron chi connectivity index (χ2n) is 5.80. The van der Waals surface area contributed by atoms with Crippen LogP contribution in [-0.2, 0) is 12.8 Å². The zero-order chi connectivity index (χ0) is 15.4. The zero-order valence-electron chi connectivity index (χ0n) is 12.3. The van der Waals surface area contributed by atoms with Gasteiger partial charge in [0.05, 0.1) is 6.10 Å². The fraction of sp³-hybridized carbons (Fsp3) is 0.333. The first kappa shape index (κ1) is 16.0. The molecule has 21 heavy (non-hydrogen) atoms. The van der Waals surface area contributed by atoms with Crippen molar-refractivity contribution in [1.29, 1.82) is 0 Å². The van der Waals surface area contributed by atoms with Gasteiger partial charge in [0.25, 0.3) is 0 Å². The highest BCUT2D eigenvalue weighted by Gasteiger charge is 2.11. The summed E-state index contributed by atoms with van der Waals surface area (Å²) < 4.78 is 13.0. The molecule has 0 saturated carbocycles. The van der Waals surface area contributed by atoms with E-state index in [1.54, 1.807) is 6.07 Å². The summed E-state index contributed by atoms with van der Waals surface area (Å²) in [6.07, 6.45) is 0.768. The standard InChI is InChI=1S/C18H20ClFO/c1-12(2)9-13-3-5-14(6-4-13)18(21)10-15-7-8-16(20)11-17(15)19/h3-8,11-12,18,21H,9-10H2,1-2H3. The van der Waals surface area contributed by atoms with Gasteiger partial charge in [-0.25, -0.2) is 4.39 Å². The van der Waals surface area contributed by atoms with Crippen molar-refractivity contribution in [2.45, 2.75) is 32.8 Å². The van der Waals surface area contributed by atoms with E-state index in [-0.39, 0.29) is 5.82 Å². The van der Waals surface area contributed by atoms with Crippen molar-refractivity contribution >= 4 is 11.6 Å². The molecule has 2 rings (SSSR count). The van der Waals surface area contributed by atoms with E-state index in [4.69, 9.17) is 11.6 Å². The maximum atomic E-state index is 13.0. The Morgan fingerprint density at radius 1 is 1.05 bits per heavy atom. The van der Waals surface area contributed by atoms with Gasteiger partial charge in [0.1, 0.15) is 5.82 Å². The molecule has 1 unspecified atom stereocenters. The van der Waals surface area contributed by atoms with E-state index in [9.17, 15) is 9.50 Å². The third-order valence-corrected chi connectivity index (χ3v) is 3.79. The first-order chi connectivity index (χ1) is 9.95. The van der Waals surface area contributed by atoms with Gasteiger partial charge in [-0.15, -0.1) is 0 Å². The van der Waals surface area contributed by atoms with Crippen molar-refractivity contribution in [3.8, 4) is 0 Å². The molecule has 0 aliphatic heterocycles. The van der Waals surface area contributed by atoms with Gasteiger partial charge in [-0.1, -0.05) is 55.8 Å². The minimum absolute atomic E-state index is 0.352. The van der Waals surface area contributed by atoms with Crippen molar-refractivity contribution in [2.75, 3.05) is 0 Å². The van der Waals surface area contributed by atoms with Crippen LogP contribution >= 0.6 is 11.6 Å². The number of benzene rings is 2. The molecule has 1 nitrogen and oxygen atoms in total. The monoisotopic (exact) mass is 306 g/mol. The molecule has 0 aliphatic carbocycles. The molecular formula is C18H20ClFO. The Balaban J connectivity index is 2.07. The smallest absolute Gasteiger partial charge is 0.124 e. The normalized spacial score (nSPS) is 12.7. The largest absolute Gasteiger partial charge is 0.388 e. The molecule has 0 amide bonds. The molecule has 2 aromatic carbocycles. The lowest BCUT2D eigenvalue weighted by atomic mass is 9.97. The molecule has 2 aromatic rings. The Morgan fingerprint density at radius 3 is 2.29 bits per heavy atom. The van der Waals surface area contributed by atoms with Gasteiger partial charge in [-0.3, -0.25) is 0 Å². The van der Waals surface area contributed by atoms with Gasteiger partial charge in [0.15, 0.2) is 0 Å². The Bertz CT molecular complexity index is 593. The van der Waals surface area contributed by atoms with Crippen LogP contribution in [0.25, 0.3) is 0 Å². The number of aliphatic hydroxyl groups excluding tert-OH is 1. The number of hydrogen-bond acceptors (Lipinski definition) is 1. The molecule has 1 N–H and O–H groups in total. The molecule has 0 fully saturated rings. The van der Waals surface area contributed by atoms with Gasteiger partial charge in [0, 0.05) is 11.4 Å². The maximum Gasteiger partial charge on any atom is 0.124 e. The molecular weight excluding hydrogens is 287 g/mol. The molecule has 0 spiro atoms. The van der Waals surface area contributed by atoms with E-state index in [1.807, 2.05) is 24.3 Å². The molecule has 0 heterocycles. The minimum Gasteiger partial charge on any atom is -0.388 e. The summed E-state index contributed by atoms with van der Waals surface area (Å²) in [6, 6.07) is 12.2.